The van der Waals surface area contributed by atoms with E-state index in [9.17, 15) is 20.1 Å². The van der Waals surface area contributed by atoms with Gasteiger partial charge in [-0.1, -0.05) is 103 Å². The van der Waals surface area contributed by atoms with Crippen molar-refractivity contribution >= 4 is 5.97 Å². The maximum absolute atomic E-state index is 11.7. The van der Waals surface area contributed by atoms with Gasteiger partial charge in [-0.15, -0.1) is 0 Å². The fourth-order valence-corrected chi connectivity index (χ4v) is 7.25. The summed E-state index contributed by atoms with van der Waals surface area (Å²) in [4.78, 5) is 11.7. The molecule has 0 aromatic carbocycles. The summed E-state index contributed by atoms with van der Waals surface area (Å²) >= 11 is 0. The van der Waals surface area contributed by atoms with Crippen molar-refractivity contribution in [3.8, 4) is 0 Å². The molecular formula is C37H66O7. The summed E-state index contributed by atoms with van der Waals surface area (Å²) in [6, 6.07) is 0. The maximum atomic E-state index is 11.7. The number of esters is 1. The van der Waals surface area contributed by atoms with Crippen molar-refractivity contribution in [3.05, 3.63) is 11.6 Å². The smallest absolute Gasteiger partial charge is 0.334 e. The van der Waals surface area contributed by atoms with Gasteiger partial charge in [0.1, 0.15) is 6.10 Å². The second-order valence-electron chi connectivity index (χ2n) is 14.0. The van der Waals surface area contributed by atoms with Crippen molar-refractivity contribution in [2.45, 2.75) is 217 Å². The van der Waals surface area contributed by atoms with Crippen LogP contribution in [0.1, 0.15) is 168 Å². The number of aliphatic hydroxyl groups excluding tert-OH is 3. The zero-order valence-corrected chi connectivity index (χ0v) is 28.1. The third kappa shape index (κ3) is 14.2. The molecule has 7 nitrogen and oxygen atoms in total. The first-order chi connectivity index (χ1) is 21.4. The Hall–Kier alpha value is -0.990. The molecule has 0 saturated carbocycles. The van der Waals surface area contributed by atoms with E-state index in [1.54, 1.807) is 0 Å². The molecule has 3 N–H and O–H groups in total. The van der Waals surface area contributed by atoms with E-state index in [1.807, 2.05) is 13.0 Å². The van der Waals surface area contributed by atoms with Crippen molar-refractivity contribution in [2.24, 2.45) is 0 Å². The van der Waals surface area contributed by atoms with Crippen LogP contribution in [0, 0.1) is 0 Å². The first-order valence-electron chi connectivity index (χ1n) is 18.6. The molecule has 0 unspecified atom stereocenters. The Labute approximate surface area is 268 Å². The Kier molecular flexibility index (Phi) is 18.5. The van der Waals surface area contributed by atoms with E-state index < -0.39 is 6.10 Å². The highest BCUT2D eigenvalue weighted by Gasteiger charge is 2.40. The van der Waals surface area contributed by atoms with Crippen molar-refractivity contribution in [2.75, 3.05) is 0 Å². The molecule has 0 bridgehead atoms. The van der Waals surface area contributed by atoms with Gasteiger partial charge >= 0.3 is 5.97 Å². The fourth-order valence-electron chi connectivity index (χ4n) is 7.25. The van der Waals surface area contributed by atoms with Crippen LogP contribution in [0.25, 0.3) is 0 Å². The number of carbonyl (C=O) groups excluding carboxylic acids is 1. The molecule has 8 atom stereocenters. The topological polar surface area (TPSA) is 105 Å². The predicted molar refractivity (Wildman–Crippen MR) is 175 cm³/mol. The molecule has 3 rings (SSSR count). The van der Waals surface area contributed by atoms with E-state index in [-0.39, 0.29) is 48.7 Å². The summed E-state index contributed by atoms with van der Waals surface area (Å²) in [5.74, 6) is -0.231. The average molecular weight is 623 g/mol. The van der Waals surface area contributed by atoms with E-state index in [0.717, 1.165) is 77.0 Å². The van der Waals surface area contributed by atoms with E-state index in [4.69, 9.17) is 14.2 Å². The second kappa shape index (κ2) is 21.7. The Morgan fingerprint density at radius 2 is 1.11 bits per heavy atom. The van der Waals surface area contributed by atoms with Gasteiger partial charge in [-0.25, -0.2) is 4.79 Å². The standard InChI is InChI=1S/C37H66O7/c1-3-4-5-6-7-10-13-16-19-31(39)33-23-25-35(43-33)36-26-24-34(44-36)32(40)20-17-14-11-8-9-12-15-18-30(38)22-21-29-27-28(2)42-37(29)41/h27-28,30-36,38-40H,3-26H2,1-2H3/t28-,30-,31-,32+,33-,34+,35+,36-/m0/s1. The quantitative estimate of drug-likeness (QED) is 0.0703. The van der Waals surface area contributed by atoms with Crippen LogP contribution >= 0.6 is 0 Å². The molecule has 2 fully saturated rings. The zero-order valence-electron chi connectivity index (χ0n) is 28.1. The number of hydrogen-bond acceptors (Lipinski definition) is 7. The van der Waals surface area contributed by atoms with Crippen LogP contribution in [-0.2, 0) is 19.0 Å². The van der Waals surface area contributed by atoms with Gasteiger partial charge in [-0.05, 0) is 70.8 Å². The highest BCUT2D eigenvalue weighted by molar-refractivity contribution is 5.90. The first kappa shape index (κ1) is 37.5. The second-order valence-corrected chi connectivity index (χ2v) is 14.0. The number of unbranched alkanes of at least 4 members (excludes halogenated alkanes) is 13. The molecule has 7 heteroatoms. The molecular weight excluding hydrogens is 556 g/mol. The lowest BCUT2D eigenvalue weighted by Gasteiger charge is -2.24. The minimum Gasteiger partial charge on any atom is -0.455 e. The third-order valence-electron chi connectivity index (χ3n) is 10.1. The number of carbonyl (C=O) groups is 1. The van der Waals surface area contributed by atoms with Crippen LogP contribution in [0.3, 0.4) is 0 Å². The molecule has 0 amide bonds. The average Bonchev–Trinajstić information content (AvgIpc) is 3.76. The number of cyclic esters (lactones) is 1. The van der Waals surface area contributed by atoms with Gasteiger partial charge in [0.15, 0.2) is 0 Å². The summed E-state index contributed by atoms with van der Waals surface area (Å²) in [5.41, 5.74) is 0.706. The normalized spacial score (nSPS) is 27.4. The van der Waals surface area contributed by atoms with Gasteiger partial charge in [0.05, 0.1) is 42.7 Å². The maximum Gasteiger partial charge on any atom is 0.334 e. The van der Waals surface area contributed by atoms with Crippen LogP contribution in [0.2, 0.25) is 0 Å². The third-order valence-corrected chi connectivity index (χ3v) is 10.1. The molecule has 2 saturated heterocycles. The van der Waals surface area contributed by atoms with Crippen molar-refractivity contribution in [3.63, 3.8) is 0 Å². The molecule has 3 aliphatic heterocycles. The SMILES string of the molecule is CCCCCCCCCC[C@H](O)[C@@H]1CC[C@H]([C@@H]2CC[C@H]([C@H](O)CCCCCCCCC[C@H](O)CCC3=C[C@H](C)OC3=O)O2)O1. The van der Waals surface area contributed by atoms with Gasteiger partial charge in [0.25, 0.3) is 0 Å². The Balaban J connectivity index is 1.13. The Bertz CT molecular complexity index is 801. The minimum absolute atomic E-state index is 0.0495. The number of hydrogen-bond donors (Lipinski definition) is 3. The summed E-state index contributed by atoms with van der Waals surface area (Å²) in [7, 11) is 0. The molecule has 44 heavy (non-hydrogen) atoms. The van der Waals surface area contributed by atoms with E-state index in [1.165, 1.54) is 64.2 Å². The van der Waals surface area contributed by atoms with Crippen molar-refractivity contribution in [1.82, 2.24) is 0 Å². The largest absolute Gasteiger partial charge is 0.455 e. The molecule has 256 valence electrons. The van der Waals surface area contributed by atoms with E-state index in [0.29, 0.717) is 18.4 Å². The van der Waals surface area contributed by atoms with Gasteiger partial charge in [-0.3, -0.25) is 0 Å². The van der Waals surface area contributed by atoms with Crippen LogP contribution < -0.4 is 0 Å². The Morgan fingerprint density at radius 3 is 1.57 bits per heavy atom. The summed E-state index contributed by atoms with van der Waals surface area (Å²) in [5, 5.41) is 31.7. The lowest BCUT2D eigenvalue weighted by Crippen LogP contribution is -2.33. The Morgan fingerprint density at radius 1 is 0.659 bits per heavy atom. The van der Waals surface area contributed by atoms with Crippen molar-refractivity contribution < 1.29 is 34.3 Å². The van der Waals surface area contributed by atoms with Gasteiger partial charge in [0, 0.05) is 5.57 Å². The van der Waals surface area contributed by atoms with Crippen LogP contribution in [0.5, 0.6) is 0 Å². The van der Waals surface area contributed by atoms with Gasteiger partial charge in [-0.2, -0.15) is 0 Å². The van der Waals surface area contributed by atoms with Crippen LogP contribution in [0.4, 0.5) is 0 Å². The lowest BCUT2D eigenvalue weighted by atomic mass is 10.00. The summed E-state index contributed by atoms with van der Waals surface area (Å²) < 4.78 is 17.7. The number of ether oxygens (including phenoxy) is 3. The molecule has 0 radical (unpaired) electrons. The number of aliphatic hydroxyl groups is 3. The predicted octanol–water partition coefficient (Wildman–Crippen LogP) is 7.86. The highest BCUT2D eigenvalue weighted by Crippen LogP contribution is 2.34. The summed E-state index contributed by atoms with van der Waals surface area (Å²) in [6.45, 7) is 4.11. The molecule has 0 spiro atoms. The molecule has 0 aliphatic carbocycles. The fraction of sp³-hybridized carbons (Fsp3) is 0.919. The number of rotatable bonds is 25. The van der Waals surface area contributed by atoms with E-state index in [2.05, 4.69) is 6.92 Å². The molecule has 0 aromatic heterocycles. The first-order valence-corrected chi connectivity index (χ1v) is 18.6. The summed E-state index contributed by atoms with van der Waals surface area (Å²) in [6.07, 6.45) is 25.9. The van der Waals surface area contributed by atoms with Gasteiger partial charge in [0.2, 0.25) is 0 Å². The molecule has 3 aliphatic rings. The van der Waals surface area contributed by atoms with Gasteiger partial charge < -0.3 is 29.5 Å². The van der Waals surface area contributed by atoms with Crippen LogP contribution in [-0.4, -0.2) is 70.1 Å². The van der Waals surface area contributed by atoms with Crippen LogP contribution in [0.15, 0.2) is 11.6 Å². The highest BCUT2D eigenvalue weighted by atomic mass is 16.6. The monoisotopic (exact) mass is 622 g/mol. The minimum atomic E-state index is -0.406. The molecule has 3 heterocycles. The molecule has 0 aromatic rings. The van der Waals surface area contributed by atoms with E-state index >= 15 is 0 Å². The lowest BCUT2D eigenvalue weighted by molar-refractivity contribution is -0.139. The zero-order chi connectivity index (χ0) is 31.6. The van der Waals surface area contributed by atoms with Crippen molar-refractivity contribution in [1.29, 1.82) is 0 Å².